The van der Waals surface area contributed by atoms with Gasteiger partial charge in [-0.05, 0) is 58.5 Å². The molecular weight excluding hydrogens is 596 g/mol. The van der Waals surface area contributed by atoms with E-state index in [1.165, 1.54) is 0 Å². The van der Waals surface area contributed by atoms with Crippen LogP contribution in [0.2, 0.25) is 0 Å². The summed E-state index contributed by atoms with van der Waals surface area (Å²) < 4.78 is 24.6. The van der Waals surface area contributed by atoms with Gasteiger partial charge >= 0.3 is 0 Å². The average Bonchev–Trinajstić information content (AvgIpc) is 3.09. The van der Waals surface area contributed by atoms with Crippen molar-refractivity contribution in [2.45, 2.75) is 101 Å². The first kappa shape index (κ1) is 36.8. The minimum atomic E-state index is -1.17. The highest BCUT2D eigenvalue weighted by molar-refractivity contribution is 5.82. The van der Waals surface area contributed by atoms with Gasteiger partial charge in [-0.15, -0.1) is 0 Å². The van der Waals surface area contributed by atoms with E-state index in [0.29, 0.717) is 6.42 Å². The van der Waals surface area contributed by atoms with Gasteiger partial charge in [0, 0.05) is 18.6 Å². The SMILES string of the molecule is C=Cc1cc(COC2C(N)CC(N)C(OC3OC(CN)C(OCc4ccc5ccccc5c4)C(O)C3N)C2O)ccc1/C=C\C.CC. The molecule has 3 aromatic rings. The fraction of sp³-hybridized carbons (Fsp3) is 0.459. The monoisotopic (exact) mass is 648 g/mol. The second-order valence-corrected chi connectivity index (χ2v) is 11.9. The van der Waals surface area contributed by atoms with Crippen molar-refractivity contribution in [2.24, 2.45) is 22.9 Å². The predicted molar refractivity (Wildman–Crippen MR) is 187 cm³/mol. The summed E-state index contributed by atoms with van der Waals surface area (Å²) in [7, 11) is 0. The van der Waals surface area contributed by atoms with Crippen LogP contribution in [0.1, 0.15) is 49.4 Å². The number of ether oxygens (including phenoxy) is 4. The molecule has 0 radical (unpaired) electrons. The Kier molecular flexibility index (Phi) is 13.6. The maximum atomic E-state index is 11.4. The molecule has 47 heavy (non-hydrogen) atoms. The Labute approximate surface area is 278 Å². The summed E-state index contributed by atoms with van der Waals surface area (Å²) in [5.74, 6) is 0. The predicted octanol–water partition coefficient (Wildman–Crippen LogP) is 3.19. The van der Waals surface area contributed by atoms with E-state index >= 15 is 0 Å². The van der Waals surface area contributed by atoms with Gasteiger partial charge in [-0.2, -0.15) is 0 Å². The molecule has 1 saturated carbocycles. The van der Waals surface area contributed by atoms with Crippen molar-refractivity contribution in [3.63, 3.8) is 0 Å². The molecule has 1 heterocycles. The molecule has 0 bridgehead atoms. The zero-order valence-electron chi connectivity index (χ0n) is 27.7. The van der Waals surface area contributed by atoms with Gasteiger partial charge in [0.25, 0.3) is 0 Å². The fourth-order valence-electron chi connectivity index (χ4n) is 6.23. The number of benzene rings is 3. The van der Waals surface area contributed by atoms with Crippen molar-refractivity contribution in [3.8, 4) is 0 Å². The van der Waals surface area contributed by atoms with Crippen molar-refractivity contribution in [2.75, 3.05) is 6.54 Å². The van der Waals surface area contributed by atoms with Gasteiger partial charge in [-0.3, -0.25) is 0 Å². The molecule has 0 aromatic heterocycles. The van der Waals surface area contributed by atoms with Crippen molar-refractivity contribution < 1.29 is 29.2 Å². The average molecular weight is 649 g/mol. The topological polar surface area (TPSA) is 181 Å². The number of rotatable bonds is 11. The number of aliphatic hydroxyl groups excluding tert-OH is 2. The summed E-state index contributed by atoms with van der Waals surface area (Å²) >= 11 is 0. The van der Waals surface area contributed by atoms with Gasteiger partial charge < -0.3 is 52.1 Å². The summed E-state index contributed by atoms with van der Waals surface area (Å²) in [6, 6.07) is 17.9. The second kappa shape index (κ2) is 17.4. The van der Waals surface area contributed by atoms with E-state index in [0.717, 1.165) is 33.0 Å². The Morgan fingerprint density at radius 3 is 2.15 bits per heavy atom. The molecule has 1 aliphatic heterocycles. The van der Waals surface area contributed by atoms with Crippen LogP contribution in [-0.4, -0.2) is 77.8 Å². The van der Waals surface area contributed by atoms with E-state index in [1.54, 1.807) is 6.08 Å². The summed E-state index contributed by atoms with van der Waals surface area (Å²) in [5, 5.41) is 24.8. The van der Waals surface area contributed by atoms with Gasteiger partial charge in [0.05, 0.1) is 19.3 Å². The Hall–Kier alpha value is -3.00. The van der Waals surface area contributed by atoms with E-state index in [2.05, 4.69) is 6.58 Å². The number of allylic oxidation sites excluding steroid dienone is 1. The molecule has 10 atom stereocenters. The summed E-state index contributed by atoms with van der Waals surface area (Å²) in [6.07, 6.45) is -0.464. The first-order valence-electron chi connectivity index (χ1n) is 16.5. The molecule has 10 unspecified atom stereocenters. The number of fused-ring (bicyclic) bond motifs is 1. The number of aliphatic hydroxyl groups is 2. The summed E-state index contributed by atoms with van der Waals surface area (Å²) in [6.45, 7) is 10.4. The molecular formula is C37H52N4O6. The van der Waals surface area contributed by atoms with Crippen molar-refractivity contribution >= 4 is 22.9 Å². The van der Waals surface area contributed by atoms with Crippen LogP contribution >= 0.6 is 0 Å². The Balaban J connectivity index is 0.00000245. The molecule has 256 valence electrons. The van der Waals surface area contributed by atoms with Crippen LogP contribution in [0.15, 0.2) is 73.3 Å². The minimum absolute atomic E-state index is 0.0570. The number of hydrogen-bond acceptors (Lipinski definition) is 10. The first-order chi connectivity index (χ1) is 22.7. The van der Waals surface area contributed by atoms with E-state index < -0.39 is 61.0 Å². The van der Waals surface area contributed by atoms with Crippen LogP contribution in [0, 0.1) is 0 Å². The molecule has 10 N–H and O–H groups in total. The first-order valence-corrected chi connectivity index (χ1v) is 16.5. The largest absolute Gasteiger partial charge is 0.388 e. The molecule has 2 aliphatic rings. The Morgan fingerprint density at radius 1 is 0.830 bits per heavy atom. The van der Waals surface area contributed by atoms with Crippen LogP contribution in [0.3, 0.4) is 0 Å². The Bertz CT molecular complexity index is 1470. The highest BCUT2D eigenvalue weighted by Crippen LogP contribution is 2.30. The zero-order chi connectivity index (χ0) is 34.1. The number of hydrogen-bond donors (Lipinski definition) is 6. The normalized spacial score (nSPS) is 31.0. The van der Waals surface area contributed by atoms with Crippen LogP contribution in [0.4, 0.5) is 0 Å². The third kappa shape index (κ3) is 8.73. The van der Waals surface area contributed by atoms with Crippen LogP contribution in [0.25, 0.3) is 22.9 Å². The minimum Gasteiger partial charge on any atom is -0.388 e. The van der Waals surface area contributed by atoms with Crippen LogP contribution in [0.5, 0.6) is 0 Å². The van der Waals surface area contributed by atoms with E-state index in [4.69, 9.17) is 41.9 Å². The molecule has 10 nitrogen and oxygen atoms in total. The zero-order valence-corrected chi connectivity index (χ0v) is 27.7. The summed E-state index contributed by atoms with van der Waals surface area (Å²) in [4.78, 5) is 0. The third-order valence-electron chi connectivity index (χ3n) is 8.72. The molecule has 2 fully saturated rings. The van der Waals surface area contributed by atoms with Gasteiger partial charge in [0.2, 0.25) is 0 Å². The lowest BCUT2D eigenvalue weighted by atomic mass is 9.84. The molecule has 0 amide bonds. The maximum absolute atomic E-state index is 11.4. The second-order valence-electron chi connectivity index (χ2n) is 11.9. The summed E-state index contributed by atoms with van der Waals surface area (Å²) in [5.41, 5.74) is 29.1. The molecule has 3 aromatic carbocycles. The smallest absolute Gasteiger partial charge is 0.176 e. The van der Waals surface area contributed by atoms with Gasteiger partial charge in [0.15, 0.2) is 6.29 Å². The molecule has 0 spiro atoms. The third-order valence-corrected chi connectivity index (χ3v) is 8.72. The lowest BCUT2D eigenvalue weighted by Crippen LogP contribution is -2.68. The molecule has 5 rings (SSSR count). The lowest BCUT2D eigenvalue weighted by molar-refractivity contribution is -0.296. The van der Waals surface area contributed by atoms with Crippen molar-refractivity contribution in [3.05, 3.63) is 95.6 Å². The lowest BCUT2D eigenvalue weighted by Gasteiger charge is -2.47. The maximum Gasteiger partial charge on any atom is 0.176 e. The number of nitrogens with two attached hydrogens (primary N) is 4. The van der Waals surface area contributed by atoms with E-state index in [1.807, 2.05) is 93.6 Å². The molecule has 10 heteroatoms. The van der Waals surface area contributed by atoms with Crippen molar-refractivity contribution in [1.29, 1.82) is 0 Å². The molecule has 1 saturated heterocycles. The standard InChI is InChI=1S/C35H46N4O6.C2H6/c1-3-7-23-12-10-20(14-22(23)4-2)18-42-32-26(37)16-27(38)33(31(32)41)45-35-29(39)30(40)34(28(17-36)44-35)43-19-21-11-13-24-8-5-6-9-25(24)15-21;1-2/h3-15,26-35,40-41H,2,16-19,36-39H2,1H3;1-2H3/b7-3-;. The highest BCUT2D eigenvalue weighted by atomic mass is 16.7. The van der Waals surface area contributed by atoms with Crippen molar-refractivity contribution in [1.82, 2.24) is 0 Å². The van der Waals surface area contributed by atoms with Crippen LogP contribution < -0.4 is 22.9 Å². The van der Waals surface area contributed by atoms with Gasteiger partial charge in [-0.25, -0.2) is 0 Å². The van der Waals surface area contributed by atoms with Gasteiger partial charge in [0.1, 0.15) is 36.6 Å². The highest BCUT2D eigenvalue weighted by Gasteiger charge is 2.49. The Morgan fingerprint density at radius 2 is 1.47 bits per heavy atom. The van der Waals surface area contributed by atoms with Gasteiger partial charge in [-0.1, -0.05) is 87.2 Å². The van der Waals surface area contributed by atoms with E-state index in [-0.39, 0.29) is 19.8 Å². The van der Waals surface area contributed by atoms with E-state index in [9.17, 15) is 10.2 Å². The van der Waals surface area contributed by atoms with Crippen LogP contribution in [-0.2, 0) is 32.2 Å². The quantitative estimate of drug-likeness (QED) is 0.181. The molecule has 1 aliphatic carbocycles. The fourth-order valence-corrected chi connectivity index (χ4v) is 6.23.